The Balaban J connectivity index is 2.24. The molecule has 3 rings (SSSR count). The summed E-state index contributed by atoms with van der Waals surface area (Å²) in [6.45, 7) is 1.66. The maximum atomic E-state index is 12.7. The molecule has 0 radical (unpaired) electrons. The molecule has 0 saturated heterocycles. The molecule has 0 aliphatic carbocycles. The van der Waals surface area contributed by atoms with E-state index in [0.29, 0.717) is 0 Å². The number of hydrogen-bond donors (Lipinski definition) is 0. The van der Waals surface area contributed by atoms with Crippen molar-refractivity contribution in [2.75, 3.05) is 16.8 Å². The molecule has 1 unspecified atom stereocenters. The molecule has 1 atom stereocenters. The molecule has 4 nitrogen and oxygen atoms in total. The highest BCUT2D eigenvalue weighted by atomic mass is 16.2. The molecule has 2 aromatic carbocycles. The lowest BCUT2D eigenvalue weighted by Gasteiger charge is -2.24. The van der Waals surface area contributed by atoms with E-state index in [-0.39, 0.29) is 11.8 Å². The molecule has 0 saturated carbocycles. The number of fused-ring (bicyclic) bond motifs is 1. The number of amides is 2. The van der Waals surface area contributed by atoms with Crippen molar-refractivity contribution in [2.24, 2.45) is 5.92 Å². The smallest absolute Gasteiger partial charge is 0.243 e. The first-order chi connectivity index (χ1) is 10.1. The fourth-order valence-corrected chi connectivity index (χ4v) is 2.61. The average molecular weight is 280 g/mol. The summed E-state index contributed by atoms with van der Waals surface area (Å²) in [4.78, 5) is 28.3. The molecular formula is C17H16N2O2. The van der Waals surface area contributed by atoms with Crippen LogP contribution >= 0.6 is 0 Å². The molecule has 0 N–H and O–H groups in total. The van der Waals surface area contributed by atoms with Crippen LogP contribution in [0.5, 0.6) is 0 Å². The van der Waals surface area contributed by atoms with Gasteiger partial charge in [0.2, 0.25) is 11.8 Å². The molecule has 0 aromatic heterocycles. The highest BCUT2D eigenvalue weighted by Gasteiger charge is 2.36. The number of benzene rings is 2. The summed E-state index contributed by atoms with van der Waals surface area (Å²) < 4.78 is 0. The van der Waals surface area contributed by atoms with Crippen molar-refractivity contribution in [2.45, 2.75) is 6.92 Å². The fraction of sp³-hybridized carbons (Fsp3) is 0.176. The third-order valence-corrected chi connectivity index (χ3v) is 3.79. The van der Waals surface area contributed by atoms with Gasteiger partial charge in [-0.15, -0.1) is 0 Å². The molecular weight excluding hydrogens is 264 g/mol. The number of nitrogens with zero attached hydrogens (tertiary/aromatic N) is 2. The standard InChI is InChI=1S/C17H16N2O2/c1-12-16(20)18(2)14-10-6-7-11-15(14)19(17(12)21)13-8-4-3-5-9-13/h3-12H,1-2H3. The molecule has 1 aliphatic heterocycles. The zero-order valence-corrected chi connectivity index (χ0v) is 12.0. The van der Waals surface area contributed by atoms with Crippen molar-refractivity contribution < 1.29 is 9.59 Å². The number of carbonyl (C=O) groups is 2. The van der Waals surface area contributed by atoms with Crippen molar-refractivity contribution in [3.05, 3.63) is 54.6 Å². The summed E-state index contributed by atoms with van der Waals surface area (Å²) in [6.07, 6.45) is 0. The summed E-state index contributed by atoms with van der Waals surface area (Å²) in [5, 5.41) is 0. The summed E-state index contributed by atoms with van der Waals surface area (Å²) in [6, 6.07) is 16.9. The summed E-state index contributed by atoms with van der Waals surface area (Å²) in [7, 11) is 1.71. The third kappa shape index (κ3) is 2.09. The van der Waals surface area contributed by atoms with Crippen molar-refractivity contribution in [1.29, 1.82) is 0 Å². The molecule has 1 heterocycles. The zero-order valence-electron chi connectivity index (χ0n) is 12.0. The number of rotatable bonds is 1. The van der Waals surface area contributed by atoms with Crippen LogP contribution in [0, 0.1) is 5.92 Å². The topological polar surface area (TPSA) is 40.6 Å². The molecule has 106 valence electrons. The molecule has 4 heteroatoms. The second-order valence-electron chi connectivity index (χ2n) is 5.12. The summed E-state index contributed by atoms with van der Waals surface area (Å²) >= 11 is 0. The minimum Gasteiger partial charge on any atom is -0.313 e. The van der Waals surface area contributed by atoms with Crippen LogP contribution in [0.25, 0.3) is 0 Å². The largest absolute Gasteiger partial charge is 0.313 e. The van der Waals surface area contributed by atoms with E-state index in [1.54, 1.807) is 23.8 Å². The van der Waals surface area contributed by atoms with Crippen molar-refractivity contribution in [3.63, 3.8) is 0 Å². The predicted molar refractivity (Wildman–Crippen MR) is 82.6 cm³/mol. The van der Waals surface area contributed by atoms with E-state index in [9.17, 15) is 9.59 Å². The monoisotopic (exact) mass is 280 g/mol. The van der Waals surface area contributed by atoms with E-state index < -0.39 is 5.92 Å². The summed E-state index contributed by atoms with van der Waals surface area (Å²) in [5.41, 5.74) is 2.24. The van der Waals surface area contributed by atoms with Gasteiger partial charge in [-0.2, -0.15) is 0 Å². The van der Waals surface area contributed by atoms with Crippen molar-refractivity contribution in [3.8, 4) is 0 Å². The molecule has 0 spiro atoms. The highest BCUT2D eigenvalue weighted by molar-refractivity contribution is 6.19. The third-order valence-electron chi connectivity index (χ3n) is 3.79. The minimum absolute atomic E-state index is 0.189. The van der Waals surface area contributed by atoms with Gasteiger partial charge in [-0.25, -0.2) is 0 Å². The molecule has 2 aromatic rings. The van der Waals surface area contributed by atoms with Gasteiger partial charge in [0.05, 0.1) is 11.4 Å². The Labute approximate surface area is 123 Å². The van der Waals surface area contributed by atoms with Gasteiger partial charge in [-0.3, -0.25) is 14.5 Å². The van der Waals surface area contributed by atoms with E-state index in [1.165, 1.54) is 0 Å². The molecule has 2 amide bonds. The van der Waals surface area contributed by atoms with Gasteiger partial charge in [-0.1, -0.05) is 30.3 Å². The van der Waals surface area contributed by atoms with E-state index >= 15 is 0 Å². The lowest BCUT2D eigenvalue weighted by atomic mass is 10.1. The van der Waals surface area contributed by atoms with Crippen LogP contribution in [0.15, 0.2) is 54.6 Å². The predicted octanol–water partition coefficient (Wildman–Crippen LogP) is 2.96. The highest BCUT2D eigenvalue weighted by Crippen LogP contribution is 2.38. The van der Waals surface area contributed by atoms with Gasteiger partial charge in [-0.05, 0) is 31.2 Å². The van der Waals surface area contributed by atoms with Gasteiger partial charge in [0, 0.05) is 12.7 Å². The van der Waals surface area contributed by atoms with Gasteiger partial charge < -0.3 is 4.90 Å². The van der Waals surface area contributed by atoms with Gasteiger partial charge in [0.15, 0.2) is 0 Å². The molecule has 1 aliphatic rings. The SMILES string of the molecule is CC1C(=O)N(C)c2ccccc2N(c2ccccc2)C1=O. The second-order valence-corrected chi connectivity index (χ2v) is 5.12. The summed E-state index contributed by atoms with van der Waals surface area (Å²) in [5.74, 6) is -1.10. The van der Waals surface area contributed by atoms with Crippen molar-refractivity contribution in [1.82, 2.24) is 0 Å². The fourth-order valence-electron chi connectivity index (χ4n) is 2.61. The Hall–Kier alpha value is -2.62. The van der Waals surface area contributed by atoms with Crippen LogP contribution < -0.4 is 9.80 Å². The van der Waals surface area contributed by atoms with E-state index in [4.69, 9.17) is 0 Å². The van der Waals surface area contributed by atoms with Crippen LogP contribution in [0.1, 0.15) is 6.92 Å². The van der Waals surface area contributed by atoms with E-state index in [0.717, 1.165) is 17.1 Å². The second kappa shape index (κ2) is 5.05. The number of hydrogen-bond acceptors (Lipinski definition) is 2. The normalized spacial score (nSPS) is 18.5. The lowest BCUT2D eigenvalue weighted by Crippen LogP contribution is -2.37. The van der Waals surface area contributed by atoms with Gasteiger partial charge >= 0.3 is 0 Å². The van der Waals surface area contributed by atoms with Crippen LogP contribution in [-0.4, -0.2) is 18.9 Å². The average Bonchev–Trinajstić information content (AvgIpc) is 2.60. The number of carbonyl (C=O) groups excluding carboxylic acids is 2. The Morgan fingerprint density at radius 2 is 1.38 bits per heavy atom. The first-order valence-corrected chi connectivity index (χ1v) is 6.87. The van der Waals surface area contributed by atoms with Gasteiger partial charge in [0.25, 0.3) is 0 Å². The molecule has 21 heavy (non-hydrogen) atoms. The Kier molecular flexibility index (Phi) is 3.22. The molecule has 0 fully saturated rings. The van der Waals surface area contributed by atoms with Crippen LogP contribution in [0.4, 0.5) is 17.1 Å². The Morgan fingerprint density at radius 3 is 2.05 bits per heavy atom. The maximum Gasteiger partial charge on any atom is 0.243 e. The Bertz CT molecular complexity index is 697. The van der Waals surface area contributed by atoms with Crippen LogP contribution in [0.2, 0.25) is 0 Å². The maximum absolute atomic E-state index is 12.7. The quantitative estimate of drug-likeness (QED) is 0.753. The van der Waals surface area contributed by atoms with Crippen LogP contribution in [-0.2, 0) is 9.59 Å². The molecule has 0 bridgehead atoms. The van der Waals surface area contributed by atoms with E-state index in [2.05, 4.69) is 0 Å². The van der Waals surface area contributed by atoms with Crippen molar-refractivity contribution >= 4 is 28.9 Å². The first kappa shape index (κ1) is 13.4. The van der Waals surface area contributed by atoms with Gasteiger partial charge in [0.1, 0.15) is 5.92 Å². The van der Waals surface area contributed by atoms with Crippen LogP contribution in [0.3, 0.4) is 0 Å². The lowest BCUT2D eigenvalue weighted by molar-refractivity contribution is -0.130. The Morgan fingerprint density at radius 1 is 0.810 bits per heavy atom. The first-order valence-electron chi connectivity index (χ1n) is 6.87. The minimum atomic E-state index is -0.706. The zero-order chi connectivity index (χ0) is 15.0. The van der Waals surface area contributed by atoms with E-state index in [1.807, 2.05) is 54.6 Å². The number of anilines is 3. The number of para-hydroxylation sites is 3.